The molecule has 0 radical (unpaired) electrons. The van der Waals surface area contributed by atoms with Crippen LogP contribution in [-0.4, -0.2) is 45.6 Å². The number of anilines is 2. The van der Waals surface area contributed by atoms with Gasteiger partial charge in [-0.05, 0) is 37.1 Å². The number of nitrogens with zero attached hydrogens (tertiary/aromatic N) is 5. The van der Waals surface area contributed by atoms with Crippen LogP contribution >= 0.6 is 0 Å². The highest BCUT2D eigenvalue weighted by Gasteiger charge is 2.15. The topological polar surface area (TPSA) is 85.2 Å². The normalized spacial score (nSPS) is 13.6. The van der Waals surface area contributed by atoms with Gasteiger partial charge < -0.3 is 15.0 Å². The molecule has 2 aromatic heterocycles. The van der Waals surface area contributed by atoms with Gasteiger partial charge in [-0.15, -0.1) is 0 Å². The van der Waals surface area contributed by atoms with E-state index >= 15 is 0 Å². The number of methoxy groups -OCH3 is 1. The van der Waals surface area contributed by atoms with Crippen molar-refractivity contribution < 1.29 is 9.53 Å². The second-order valence-corrected chi connectivity index (χ2v) is 6.28. The molecule has 1 amide bonds. The fourth-order valence-electron chi connectivity index (χ4n) is 3.03. The van der Waals surface area contributed by atoms with Crippen molar-refractivity contribution >= 4 is 17.4 Å². The van der Waals surface area contributed by atoms with Crippen LogP contribution in [0, 0.1) is 0 Å². The van der Waals surface area contributed by atoms with Crippen molar-refractivity contribution in [3.8, 4) is 11.6 Å². The molecular weight excluding hydrogens is 344 g/mol. The standard InChI is InChI=1S/C19H20N6O2/c1-27-15-6-4-14(5-7-15)23-19(26)16-11-25(13-22-16)18-10-17(20-12-21-18)24-8-2-3-9-24/h4-7,10-13H,2-3,8-9H2,1H3,(H,23,26). The molecule has 0 saturated carbocycles. The number of hydrogen-bond acceptors (Lipinski definition) is 6. The van der Waals surface area contributed by atoms with Crippen molar-refractivity contribution in [2.75, 3.05) is 30.4 Å². The van der Waals surface area contributed by atoms with E-state index in [4.69, 9.17) is 4.74 Å². The van der Waals surface area contributed by atoms with Crippen LogP contribution in [0.2, 0.25) is 0 Å². The lowest BCUT2D eigenvalue weighted by Gasteiger charge is -2.16. The highest BCUT2D eigenvalue weighted by molar-refractivity contribution is 6.02. The van der Waals surface area contributed by atoms with Gasteiger partial charge in [0, 0.05) is 31.0 Å². The summed E-state index contributed by atoms with van der Waals surface area (Å²) in [6.07, 6.45) is 7.15. The van der Waals surface area contributed by atoms with Gasteiger partial charge in [-0.2, -0.15) is 0 Å². The summed E-state index contributed by atoms with van der Waals surface area (Å²) in [5.74, 6) is 2.03. The number of rotatable bonds is 5. The van der Waals surface area contributed by atoms with E-state index < -0.39 is 0 Å². The van der Waals surface area contributed by atoms with Gasteiger partial charge in [0.15, 0.2) is 0 Å². The van der Waals surface area contributed by atoms with E-state index in [1.54, 1.807) is 54.8 Å². The Kier molecular flexibility index (Phi) is 4.69. The maximum atomic E-state index is 12.4. The van der Waals surface area contributed by atoms with Gasteiger partial charge in [-0.1, -0.05) is 0 Å². The summed E-state index contributed by atoms with van der Waals surface area (Å²) in [4.78, 5) is 27.5. The molecule has 1 aliphatic rings. The molecule has 8 heteroatoms. The Morgan fingerprint density at radius 1 is 1.07 bits per heavy atom. The molecule has 0 bridgehead atoms. The van der Waals surface area contributed by atoms with Gasteiger partial charge in [0.25, 0.3) is 5.91 Å². The van der Waals surface area contributed by atoms with Crippen LogP contribution in [0.5, 0.6) is 5.75 Å². The molecule has 138 valence electrons. The largest absolute Gasteiger partial charge is 0.497 e. The smallest absolute Gasteiger partial charge is 0.275 e. The second kappa shape index (κ2) is 7.45. The first-order valence-electron chi connectivity index (χ1n) is 8.80. The molecule has 0 spiro atoms. The first-order valence-corrected chi connectivity index (χ1v) is 8.80. The summed E-state index contributed by atoms with van der Waals surface area (Å²) >= 11 is 0. The summed E-state index contributed by atoms with van der Waals surface area (Å²) in [5, 5.41) is 2.82. The molecule has 0 aliphatic carbocycles. The van der Waals surface area contributed by atoms with E-state index in [9.17, 15) is 4.79 Å². The lowest BCUT2D eigenvalue weighted by molar-refractivity contribution is 0.102. The number of hydrogen-bond donors (Lipinski definition) is 1. The predicted molar refractivity (Wildman–Crippen MR) is 102 cm³/mol. The zero-order valence-electron chi connectivity index (χ0n) is 15.0. The minimum Gasteiger partial charge on any atom is -0.497 e. The monoisotopic (exact) mass is 364 g/mol. The van der Waals surface area contributed by atoms with Crippen LogP contribution in [0.1, 0.15) is 23.3 Å². The third-order valence-electron chi connectivity index (χ3n) is 4.50. The van der Waals surface area contributed by atoms with Crippen LogP contribution in [0.3, 0.4) is 0 Å². The number of amides is 1. The van der Waals surface area contributed by atoms with Crippen LogP contribution < -0.4 is 15.0 Å². The Balaban J connectivity index is 1.49. The molecule has 0 atom stereocenters. The van der Waals surface area contributed by atoms with Gasteiger partial charge in [0.2, 0.25) is 0 Å². The zero-order valence-corrected chi connectivity index (χ0v) is 15.0. The molecule has 1 saturated heterocycles. The van der Waals surface area contributed by atoms with E-state index in [0.717, 1.165) is 24.7 Å². The Morgan fingerprint density at radius 2 is 1.81 bits per heavy atom. The zero-order chi connectivity index (χ0) is 18.6. The maximum Gasteiger partial charge on any atom is 0.275 e. The molecule has 27 heavy (non-hydrogen) atoms. The Labute approximate surface area is 156 Å². The lowest BCUT2D eigenvalue weighted by Crippen LogP contribution is -2.19. The van der Waals surface area contributed by atoms with Crippen molar-refractivity contribution in [2.45, 2.75) is 12.8 Å². The lowest BCUT2D eigenvalue weighted by atomic mass is 10.3. The first kappa shape index (κ1) is 17.0. The van der Waals surface area contributed by atoms with Gasteiger partial charge in [0.1, 0.15) is 35.7 Å². The second-order valence-electron chi connectivity index (χ2n) is 6.28. The first-order chi connectivity index (χ1) is 13.2. The number of aromatic nitrogens is 4. The number of nitrogens with one attached hydrogen (secondary N) is 1. The average Bonchev–Trinajstić information content (AvgIpc) is 3.41. The molecule has 0 unspecified atom stereocenters. The van der Waals surface area contributed by atoms with Crippen LogP contribution in [0.4, 0.5) is 11.5 Å². The average molecular weight is 364 g/mol. The molecule has 8 nitrogen and oxygen atoms in total. The summed E-state index contributed by atoms with van der Waals surface area (Å²) < 4.78 is 6.84. The minimum absolute atomic E-state index is 0.285. The van der Waals surface area contributed by atoms with Gasteiger partial charge in [0.05, 0.1) is 7.11 Å². The highest BCUT2D eigenvalue weighted by Crippen LogP contribution is 2.19. The van der Waals surface area contributed by atoms with Crippen molar-refractivity contribution in [2.24, 2.45) is 0 Å². The number of carbonyl (C=O) groups excluding carboxylic acids is 1. The SMILES string of the molecule is COc1ccc(NC(=O)c2cn(-c3cc(N4CCCC4)ncn3)cn2)cc1. The summed E-state index contributed by atoms with van der Waals surface area (Å²) in [5.41, 5.74) is 0.987. The van der Waals surface area contributed by atoms with Crippen LogP contribution in [0.15, 0.2) is 49.2 Å². The third kappa shape index (κ3) is 3.74. The summed E-state index contributed by atoms with van der Waals surface area (Å²) in [6.45, 7) is 2.02. The molecule has 4 rings (SSSR count). The molecule has 1 aliphatic heterocycles. The van der Waals surface area contributed by atoms with Gasteiger partial charge in [-0.25, -0.2) is 15.0 Å². The minimum atomic E-state index is -0.285. The number of carbonyl (C=O) groups is 1. The molecule has 3 aromatic rings. The fourth-order valence-corrected chi connectivity index (χ4v) is 3.03. The van der Waals surface area contributed by atoms with E-state index in [2.05, 4.69) is 25.2 Å². The van der Waals surface area contributed by atoms with E-state index in [-0.39, 0.29) is 5.91 Å². The molecule has 1 aromatic carbocycles. The van der Waals surface area contributed by atoms with Crippen molar-refractivity contribution in [3.63, 3.8) is 0 Å². The van der Waals surface area contributed by atoms with Crippen LogP contribution in [0.25, 0.3) is 5.82 Å². The summed E-state index contributed by atoms with van der Waals surface area (Å²) in [7, 11) is 1.60. The Morgan fingerprint density at radius 3 is 2.56 bits per heavy atom. The molecular formula is C19H20N6O2. The molecule has 1 N–H and O–H groups in total. The quantitative estimate of drug-likeness (QED) is 0.749. The van der Waals surface area contributed by atoms with Crippen molar-refractivity contribution in [1.82, 2.24) is 19.5 Å². The number of ether oxygens (including phenoxy) is 1. The predicted octanol–water partition coefficient (Wildman–Crippen LogP) is 2.52. The van der Waals surface area contributed by atoms with E-state index in [1.807, 2.05) is 6.07 Å². The fraction of sp³-hybridized carbons (Fsp3) is 0.263. The summed E-state index contributed by atoms with van der Waals surface area (Å²) in [6, 6.07) is 9.04. The van der Waals surface area contributed by atoms with Crippen molar-refractivity contribution in [1.29, 1.82) is 0 Å². The van der Waals surface area contributed by atoms with Gasteiger partial charge in [-0.3, -0.25) is 9.36 Å². The Bertz CT molecular complexity index is 931. The van der Waals surface area contributed by atoms with E-state index in [1.165, 1.54) is 12.8 Å². The highest BCUT2D eigenvalue weighted by atomic mass is 16.5. The number of imidazole rings is 1. The molecule has 1 fully saturated rings. The third-order valence-corrected chi connectivity index (χ3v) is 4.50. The Hall–Kier alpha value is -3.42. The van der Waals surface area contributed by atoms with Gasteiger partial charge >= 0.3 is 0 Å². The number of benzene rings is 1. The molecule has 3 heterocycles. The van der Waals surface area contributed by atoms with Crippen molar-refractivity contribution in [3.05, 3.63) is 54.9 Å². The maximum absolute atomic E-state index is 12.4. The van der Waals surface area contributed by atoms with Crippen LogP contribution in [-0.2, 0) is 0 Å². The van der Waals surface area contributed by atoms with E-state index in [0.29, 0.717) is 17.2 Å².